The van der Waals surface area contributed by atoms with Crippen LogP contribution in [-0.4, -0.2) is 35.0 Å². The van der Waals surface area contributed by atoms with E-state index < -0.39 is 11.4 Å². The lowest BCUT2D eigenvalue weighted by Crippen LogP contribution is -2.36. The zero-order valence-electron chi connectivity index (χ0n) is 12.4. The van der Waals surface area contributed by atoms with Crippen LogP contribution in [0, 0.1) is 12.3 Å². The maximum atomic E-state index is 12.5. The summed E-state index contributed by atoms with van der Waals surface area (Å²) < 4.78 is 0.894. The lowest BCUT2D eigenvalue weighted by molar-refractivity contribution is -0.148. The van der Waals surface area contributed by atoms with E-state index in [0.29, 0.717) is 31.5 Å². The first kappa shape index (κ1) is 16.0. The van der Waals surface area contributed by atoms with Crippen molar-refractivity contribution in [3.05, 3.63) is 33.8 Å². The Morgan fingerprint density at radius 2 is 2.14 bits per heavy atom. The molecule has 1 N–H and O–H groups in total. The third kappa shape index (κ3) is 3.12. The van der Waals surface area contributed by atoms with Gasteiger partial charge in [0.1, 0.15) is 0 Å². The number of carboxylic acid groups (broad SMARTS) is 1. The molecule has 1 aliphatic rings. The van der Waals surface area contributed by atoms with Crippen LogP contribution in [0.3, 0.4) is 0 Å². The Bertz CT molecular complexity index is 573. The minimum atomic E-state index is -0.787. The molecular formula is C16H20BrNO3. The Balaban J connectivity index is 2.18. The van der Waals surface area contributed by atoms with Gasteiger partial charge < -0.3 is 10.0 Å². The average molecular weight is 354 g/mol. The highest BCUT2D eigenvalue weighted by atomic mass is 79.9. The number of benzene rings is 1. The number of aryl methyl sites for hydroxylation is 1. The zero-order chi connectivity index (χ0) is 15.6. The van der Waals surface area contributed by atoms with Crippen molar-refractivity contribution >= 4 is 27.8 Å². The molecule has 1 saturated heterocycles. The molecule has 0 radical (unpaired) electrons. The summed E-state index contributed by atoms with van der Waals surface area (Å²) in [7, 11) is 0. The predicted octanol–water partition coefficient (Wildman–Crippen LogP) is 3.47. The number of likely N-dealkylation sites (tertiary alicyclic amines) is 1. The fourth-order valence-corrected chi connectivity index (χ4v) is 3.30. The molecule has 1 amide bonds. The summed E-state index contributed by atoms with van der Waals surface area (Å²) in [5.74, 6) is -0.875. The minimum Gasteiger partial charge on any atom is -0.481 e. The van der Waals surface area contributed by atoms with Crippen LogP contribution in [-0.2, 0) is 4.79 Å². The first-order valence-corrected chi connectivity index (χ1v) is 7.98. The Morgan fingerprint density at radius 1 is 1.43 bits per heavy atom. The van der Waals surface area contributed by atoms with Crippen LogP contribution in [0.5, 0.6) is 0 Å². The van der Waals surface area contributed by atoms with Crippen LogP contribution in [0.15, 0.2) is 22.7 Å². The van der Waals surface area contributed by atoms with Crippen molar-refractivity contribution in [2.24, 2.45) is 5.41 Å². The highest BCUT2D eigenvalue weighted by Crippen LogP contribution is 2.36. The van der Waals surface area contributed by atoms with Crippen molar-refractivity contribution in [1.82, 2.24) is 4.90 Å². The number of carbonyl (C=O) groups excluding carboxylic acids is 1. The van der Waals surface area contributed by atoms with Gasteiger partial charge in [0.15, 0.2) is 0 Å². The summed E-state index contributed by atoms with van der Waals surface area (Å²) in [4.78, 5) is 25.8. The van der Waals surface area contributed by atoms with Crippen molar-refractivity contribution in [2.75, 3.05) is 13.1 Å². The summed E-state index contributed by atoms with van der Waals surface area (Å²) in [5.41, 5.74) is 0.899. The van der Waals surface area contributed by atoms with Crippen LogP contribution in [0.4, 0.5) is 0 Å². The number of hydrogen-bond donors (Lipinski definition) is 1. The minimum absolute atomic E-state index is 0.0880. The average Bonchev–Trinajstić information content (AvgIpc) is 2.87. The van der Waals surface area contributed by atoms with Crippen molar-refractivity contribution in [1.29, 1.82) is 0 Å². The van der Waals surface area contributed by atoms with E-state index in [0.717, 1.165) is 16.5 Å². The van der Waals surface area contributed by atoms with Gasteiger partial charge >= 0.3 is 5.97 Å². The summed E-state index contributed by atoms with van der Waals surface area (Å²) in [6, 6.07) is 5.49. The molecule has 1 aliphatic heterocycles. The molecule has 1 aromatic carbocycles. The van der Waals surface area contributed by atoms with E-state index in [1.54, 1.807) is 17.0 Å². The van der Waals surface area contributed by atoms with Gasteiger partial charge in [-0.05, 0) is 37.5 Å². The fourth-order valence-electron chi connectivity index (χ4n) is 2.92. The predicted molar refractivity (Wildman–Crippen MR) is 84.4 cm³/mol. The second-order valence-corrected chi connectivity index (χ2v) is 6.63. The first-order chi connectivity index (χ1) is 9.89. The number of amides is 1. The summed E-state index contributed by atoms with van der Waals surface area (Å²) in [5, 5.41) is 9.50. The third-order valence-corrected chi connectivity index (χ3v) is 5.10. The molecular weight excluding hydrogens is 334 g/mol. The fraction of sp³-hybridized carbons (Fsp3) is 0.500. The smallest absolute Gasteiger partial charge is 0.311 e. The van der Waals surface area contributed by atoms with Crippen molar-refractivity contribution in [3.63, 3.8) is 0 Å². The summed E-state index contributed by atoms with van der Waals surface area (Å²) >= 11 is 3.43. The second kappa shape index (κ2) is 6.18. The number of nitrogens with zero attached hydrogens (tertiary/aromatic N) is 1. The van der Waals surface area contributed by atoms with Gasteiger partial charge in [0.25, 0.3) is 5.91 Å². The van der Waals surface area contributed by atoms with Gasteiger partial charge in [-0.15, -0.1) is 0 Å². The molecule has 0 bridgehead atoms. The van der Waals surface area contributed by atoms with Crippen LogP contribution in [0.25, 0.3) is 0 Å². The highest BCUT2D eigenvalue weighted by Gasteiger charge is 2.45. The van der Waals surface area contributed by atoms with Crippen LogP contribution < -0.4 is 0 Å². The SMILES string of the molecule is CCCC1(C(=O)O)CCN(C(=O)c2ccc(C)c(Br)c2)C1. The highest BCUT2D eigenvalue weighted by molar-refractivity contribution is 9.10. The van der Waals surface area contributed by atoms with Crippen molar-refractivity contribution < 1.29 is 14.7 Å². The van der Waals surface area contributed by atoms with E-state index in [1.807, 2.05) is 19.9 Å². The van der Waals surface area contributed by atoms with Gasteiger partial charge in [-0.2, -0.15) is 0 Å². The normalized spacial score (nSPS) is 21.6. The number of hydrogen-bond acceptors (Lipinski definition) is 2. The Morgan fingerprint density at radius 3 is 2.71 bits per heavy atom. The van der Waals surface area contributed by atoms with Gasteiger partial charge in [-0.25, -0.2) is 0 Å². The van der Waals surface area contributed by atoms with E-state index in [1.165, 1.54) is 0 Å². The number of halogens is 1. The Labute approximate surface area is 133 Å². The molecule has 1 aromatic rings. The van der Waals surface area contributed by atoms with Crippen molar-refractivity contribution in [2.45, 2.75) is 33.1 Å². The number of carbonyl (C=O) groups is 2. The molecule has 2 rings (SSSR count). The molecule has 1 unspecified atom stereocenters. The maximum Gasteiger partial charge on any atom is 0.311 e. The molecule has 21 heavy (non-hydrogen) atoms. The van der Waals surface area contributed by atoms with E-state index in [9.17, 15) is 14.7 Å². The first-order valence-electron chi connectivity index (χ1n) is 7.18. The van der Waals surface area contributed by atoms with Crippen molar-refractivity contribution in [3.8, 4) is 0 Å². The monoisotopic (exact) mass is 353 g/mol. The molecule has 1 atom stereocenters. The number of carboxylic acids is 1. The van der Waals surface area contributed by atoms with Crippen LogP contribution in [0.2, 0.25) is 0 Å². The third-order valence-electron chi connectivity index (χ3n) is 4.24. The van der Waals surface area contributed by atoms with Gasteiger partial charge in [0, 0.05) is 23.1 Å². The largest absolute Gasteiger partial charge is 0.481 e. The maximum absolute atomic E-state index is 12.5. The Kier molecular flexibility index (Phi) is 4.71. The second-order valence-electron chi connectivity index (χ2n) is 5.78. The quantitative estimate of drug-likeness (QED) is 0.901. The summed E-state index contributed by atoms with van der Waals surface area (Å²) in [6.45, 7) is 4.76. The standard InChI is InChI=1S/C16H20BrNO3/c1-3-6-16(15(20)21)7-8-18(10-16)14(19)12-5-4-11(2)13(17)9-12/h4-5,9H,3,6-8,10H2,1-2H3,(H,20,21). The molecule has 1 heterocycles. The lowest BCUT2D eigenvalue weighted by Gasteiger charge is -2.24. The van der Waals surface area contributed by atoms with Gasteiger partial charge in [0.05, 0.1) is 5.41 Å². The van der Waals surface area contributed by atoms with Crippen LogP contribution in [0.1, 0.15) is 42.1 Å². The topological polar surface area (TPSA) is 57.6 Å². The number of rotatable bonds is 4. The molecule has 1 fully saturated rings. The van der Waals surface area contributed by atoms with E-state index in [4.69, 9.17) is 0 Å². The van der Waals surface area contributed by atoms with Gasteiger partial charge in [0.2, 0.25) is 0 Å². The molecule has 5 heteroatoms. The molecule has 114 valence electrons. The van der Waals surface area contributed by atoms with Gasteiger partial charge in [-0.3, -0.25) is 9.59 Å². The zero-order valence-corrected chi connectivity index (χ0v) is 13.9. The molecule has 4 nitrogen and oxygen atoms in total. The summed E-state index contributed by atoms with van der Waals surface area (Å²) in [6.07, 6.45) is 1.96. The number of aliphatic carboxylic acids is 1. The lowest BCUT2D eigenvalue weighted by atomic mass is 9.83. The molecule has 0 saturated carbocycles. The molecule has 0 aliphatic carbocycles. The molecule has 0 aromatic heterocycles. The van der Waals surface area contributed by atoms with E-state index >= 15 is 0 Å². The Hall–Kier alpha value is -1.36. The van der Waals surface area contributed by atoms with Crippen LogP contribution >= 0.6 is 15.9 Å². The molecule has 0 spiro atoms. The van der Waals surface area contributed by atoms with Gasteiger partial charge in [-0.1, -0.05) is 35.3 Å². The van der Waals surface area contributed by atoms with E-state index in [2.05, 4.69) is 15.9 Å². The van der Waals surface area contributed by atoms with E-state index in [-0.39, 0.29) is 5.91 Å².